The predicted molar refractivity (Wildman–Crippen MR) is 114 cm³/mol. The van der Waals surface area contributed by atoms with E-state index in [2.05, 4.69) is 10.6 Å². The Morgan fingerprint density at radius 2 is 1.94 bits per heavy atom. The van der Waals surface area contributed by atoms with Crippen LogP contribution >= 0.6 is 0 Å². The second-order valence-electron chi connectivity index (χ2n) is 8.33. The molecule has 33 heavy (non-hydrogen) atoms. The van der Waals surface area contributed by atoms with Crippen LogP contribution in [0.5, 0.6) is 5.75 Å². The first kappa shape index (κ1) is 23.5. The van der Waals surface area contributed by atoms with Crippen molar-refractivity contribution in [1.82, 2.24) is 15.5 Å². The summed E-state index contributed by atoms with van der Waals surface area (Å²) in [6.07, 6.45) is -3.16. The number of ether oxygens (including phenoxy) is 1. The summed E-state index contributed by atoms with van der Waals surface area (Å²) < 4.78 is 34.2. The van der Waals surface area contributed by atoms with Crippen LogP contribution in [-0.4, -0.2) is 51.7 Å². The maximum Gasteiger partial charge on any atom is 0.311 e. The highest BCUT2D eigenvalue weighted by Crippen LogP contribution is 2.36. The first-order valence-electron chi connectivity index (χ1n) is 10.7. The molecule has 1 amide bonds. The van der Waals surface area contributed by atoms with E-state index in [1.807, 2.05) is 0 Å². The van der Waals surface area contributed by atoms with Crippen molar-refractivity contribution in [2.24, 2.45) is 0 Å². The number of carbonyl (C=O) groups is 1. The van der Waals surface area contributed by atoms with E-state index >= 15 is 0 Å². The van der Waals surface area contributed by atoms with Gasteiger partial charge in [0.1, 0.15) is 18.2 Å². The smallest absolute Gasteiger partial charge is 0.311 e. The zero-order valence-corrected chi connectivity index (χ0v) is 18.0. The lowest BCUT2D eigenvalue weighted by molar-refractivity contribution is -0.139. The number of hydrogen-bond donors (Lipinski definition) is 5. The number of nitrogens with one attached hydrogen (secondary N) is 2. The molecule has 2 aliphatic heterocycles. The first-order valence-corrected chi connectivity index (χ1v) is 10.7. The molecule has 0 radical (unpaired) electrons. The number of rotatable bonds is 7. The van der Waals surface area contributed by atoms with E-state index in [1.54, 1.807) is 23.1 Å². The molecule has 4 unspecified atom stereocenters. The minimum Gasteiger partial charge on any atom is -0.497 e. The monoisotopic (exact) mass is 463 g/mol. The van der Waals surface area contributed by atoms with E-state index < -0.39 is 30.6 Å². The number of alkyl halides is 2. The summed E-state index contributed by atoms with van der Waals surface area (Å²) in [6.45, 7) is 0.287. The topological polar surface area (TPSA) is 114 Å². The second-order valence-corrected chi connectivity index (χ2v) is 8.33. The van der Waals surface area contributed by atoms with Gasteiger partial charge in [0, 0.05) is 18.7 Å². The van der Waals surface area contributed by atoms with Crippen LogP contribution in [0.15, 0.2) is 42.5 Å². The molecule has 0 aliphatic carbocycles. The minimum atomic E-state index is -3.52. The molecule has 178 valence electrons. The lowest BCUT2D eigenvalue weighted by atomic mass is 10.0. The number of halogens is 2. The number of piperidine rings is 1. The van der Waals surface area contributed by atoms with Crippen molar-refractivity contribution in [3.8, 4) is 5.75 Å². The van der Waals surface area contributed by atoms with Gasteiger partial charge in [-0.1, -0.05) is 18.2 Å². The van der Waals surface area contributed by atoms with Crippen molar-refractivity contribution in [1.29, 1.82) is 0 Å². The third-order valence-electron chi connectivity index (χ3n) is 6.20. The van der Waals surface area contributed by atoms with Crippen LogP contribution in [0.3, 0.4) is 0 Å². The molecule has 2 aliphatic rings. The van der Waals surface area contributed by atoms with Gasteiger partial charge in [-0.15, -0.1) is 0 Å². The SMILES string of the molecule is COc1ccc(C(F)(F)C(O)NCc2ccc3c(c2)CN(C2CCC(O)NC2=O)C3O)cc1. The number of aliphatic hydroxyl groups excluding tert-OH is 3. The molecule has 5 N–H and O–H groups in total. The van der Waals surface area contributed by atoms with Crippen molar-refractivity contribution < 1.29 is 33.6 Å². The Hall–Kier alpha value is -2.63. The fourth-order valence-corrected chi connectivity index (χ4v) is 4.31. The molecule has 10 heteroatoms. The quantitative estimate of drug-likeness (QED) is 0.393. The van der Waals surface area contributed by atoms with Gasteiger partial charge in [-0.25, -0.2) is 0 Å². The molecule has 4 rings (SSSR count). The lowest BCUT2D eigenvalue weighted by Gasteiger charge is -2.34. The molecule has 0 spiro atoms. The molecule has 4 atom stereocenters. The Morgan fingerprint density at radius 3 is 2.61 bits per heavy atom. The van der Waals surface area contributed by atoms with Gasteiger partial charge in [0.2, 0.25) is 5.91 Å². The van der Waals surface area contributed by atoms with Crippen LogP contribution in [0.2, 0.25) is 0 Å². The largest absolute Gasteiger partial charge is 0.497 e. The number of benzene rings is 2. The van der Waals surface area contributed by atoms with E-state index in [0.29, 0.717) is 36.3 Å². The normalized spacial score (nSPS) is 24.3. The van der Waals surface area contributed by atoms with E-state index in [0.717, 1.165) is 5.56 Å². The van der Waals surface area contributed by atoms with Crippen LogP contribution in [0.1, 0.15) is 41.3 Å². The fourth-order valence-electron chi connectivity index (χ4n) is 4.31. The number of nitrogens with zero attached hydrogens (tertiary/aromatic N) is 1. The number of methoxy groups -OCH3 is 1. The Balaban J connectivity index is 1.40. The zero-order valence-electron chi connectivity index (χ0n) is 18.0. The number of fused-ring (bicyclic) bond motifs is 1. The highest BCUT2D eigenvalue weighted by molar-refractivity contribution is 5.82. The Labute approximate surface area is 189 Å². The van der Waals surface area contributed by atoms with Crippen molar-refractivity contribution >= 4 is 5.91 Å². The maximum atomic E-state index is 14.6. The van der Waals surface area contributed by atoms with E-state index in [9.17, 15) is 28.9 Å². The maximum absolute atomic E-state index is 14.6. The van der Waals surface area contributed by atoms with Gasteiger partial charge in [0.05, 0.1) is 13.2 Å². The number of aliphatic hydroxyl groups is 3. The van der Waals surface area contributed by atoms with Crippen molar-refractivity contribution in [2.45, 2.75) is 56.6 Å². The summed E-state index contributed by atoms with van der Waals surface area (Å²) >= 11 is 0. The summed E-state index contributed by atoms with van der Waals surface area (Å²) in [5.41, 5.74) is 1.72. The van der Waals surface area contributed by atoms with Crippen LogP contribution < -0.4 is 15.4 Å². The average Bonchev–Trinajstić information content (AvgIpc) is 3.12. The molecule has 0 saturated carbocycles. The fraction of sp³-hybridized carbons (Fsp3) is 0.435. The van der Waals surface area contributed by atoms with Crippen LogP contribution in [-0.2, 0) is 23.8 Å². The first-order chi connectivity index (χ1) is 15.7. The summed E-state index contributed by atoms with van der Waals surface area (Å²) in [4.78, 5) is 13.9. The van der Waals surface area contributed by atoms with Gasteiger partial charge in [-0.2, -0.15) is 8.78 Å². The molecule has 0 bridgehead atoms. The average molecular weight is 463 g/mol. The summed E-state index contributed by atoms with van der Waals surface area (Å²) in [5, 5.41) is 35.3. The summed E-state index contributed by atoms with van der Waals surface area (Å²) in [7, 11) is 1.44. The molecule has 2 heterocycles. The van der Waals surface area contributed by atoms with Crippen molar-refractivity contribution in [3.05, 3.63) is 64.7 Å². The number of amides is 1. The summed E-state index contributed by atoms with van der Waals surface area (Å²) in [6, 6.07) is 9.79. The van der Waals surface area contributed by atoms with E-state index in [4.69, 9.17) is 4.74 Å². The molecule has 2 aromatic carbocycles. The van der Waals surface area contributed by atoms with Gasteiger partial charge in [0.15, 0.2) is 6.23 Å². The van der Waals surface area contributed by atoms with Crippen LogP contribution in [0.4, 0.5) is 8.78 Å². The molecule has 0 aromatic heterocycles. The predicted octanol–water partition coefficient (Wildman–Crippen LogP) is 1.30. The molecular weight excluding hydrogens is 436 g/mol. The van der Waals surface area contributed by atoms with Gasteiger partial charge in [-0.3, -0.25) is 15.0 Å². The van der Waals surface area contributed by atoms with Crippen molar-refractivity contribution in [2.75, 3.05) is 7.11 Å². The third kappa shape index (κ3) is 4.71. The molecule has 8 nitrogen and oxygen atoms in total. The Bertz CT molecular complexity index is 1000. The van der Waals surface area contributed by atoms with E-state index in [1.165, 1.54) is 31.4 Å². The summed E-state index contributed by atoms with van der Waals surface area (Å²) in [5.74, 6) is -3.42. The number of carbonyl (C=O) groups excluding carboxylic acids is 1. The van der Waals surface area contributed by atoms with Crippen LogP contribution in [0, 0.1) is 0 Å². The standard InChI is InChI=1S/C23H27F2N3O5/c1-33-16-5-3-15(4-6-16)23(24,25)22(32)26-11-13-2-7-17-14(10-13)12-28(21(17)31)18-8-9-19(29)27-20(18)30/h2-7,10,18-19,21-22,26,29,31-32H,8-9,11-12H2,1H3,(H,27,30). The van der Waals surface area contributed by atoms with Crippen LogP contribution in [0.25, 0.3) is 0 Å². The minimum absolute atomic E-state index is 0.0214. The third-order valence-corrected chi connectivity index (χ3v) is 6.20. The lowest BCUT2D eigenvalue weighted by Crippen LogP contribution is -2.53. The zero-order chi connectivity index (χ0) is 23.8. The number of hydrogen-bond acceptors (Lipinski definition) is 7. The highest BCUT2D eigenvalue weighted by Gasteiger charge is 2.41. The van der Waals surface area contributed by atoms with Gasteiger partial charge in [0.25, 0.3) is 0 Å². The second kappa shape index (κ2) is 9.32. The molecule has 1 saturated heterocycles. The molecular formula is C23H27F2N3O5. The van der Waals surface area contributed by atoms with Crippen molar-refractivity contribution in [3.63, 3.8) is 0 Å². The van der Waals surface area contributed by atoms with Gasteiger partial charge < -0.3 is 25.4 Å². The molecule has 2 aromatic rings. The Morgan fingerprint density at radius 1 is 1.21 bits per heavy atom. The van der Waals surface area contributed by atoms with Gasteiger partial charge >= 0.3 is 5.92 Å². The van der Waals surface area contributed by atoms with E-state index in [-0.39, 0.29) is 18.0 Å². The highest BCUT2D eigenvalue weighted by atomic mass is 19.3. The molecule has 1 fully saturated rings. The Kier molecular flexibility index (Phi) is 6.64. The van der Waals surface area contributed by atoms with Gasteiger partial charge in [-0.05, 0) is 53.8 Å².